The summed E-state index contributed by atoms with van der Waals surface area (Å²) >= 11 is 0. The summed E-state index contributed by atoms with van der Waals surface area (Å²) in [5, 5.41) is 18.1. The molecule has 15 nitrogen and oxygen atoms in total. The van der Waals surface area contributed by atoms with Crippen LogP contribution in [-0.2, 0) is 15.0 Å². The number of nitrogens with one attached hydrogen (secondary N) is 3. The number of H-pyrrole nitrogens is 1. The van der Waals surface area contributed by atoms with Crippen LogP contribution < -0.4 is 20.4 Å². The zero-order valence-corrected chi connectivity index (χ0v) is 38.3. The standard InChI is InChI=1S/C50H59N11O4/c1-30-27-35(9-12-38(30)31(2)53-48(64)46-55-49(65-58-46)50(4,5)6)44-41-28-36(29-51-45(41)57-56-44)34-7-10-37(11-8-34)60-25-23-59(24-26-60)20-17-33-18-21-61(22-19-33)42-15-13-39(32(3)52-42)40-14-16-43(62)54-47(40)63/h7-13,15,27-29,31,33,40H,14,16-26H2,1-6H3,(H,53,64)(H,51,56,57)(H,54,62,63). The molecule has 0 bridgehead atoms. The van der Waals surface area contributed by atoms with Gasteiger partial charge in [-0.2, -0.15) is 10.1 Å². The summed E-state index contributed by atoms with van der Waals surface area (Å²) in [6.45, 7) is 19.1. The van der Waals surface area contributed by atoms with Crippen LogP contribution in [0.25, 0.3) is 33.4 Å². The van der Waals surface area contributed by atoms with E-state index in [-0.39, 0.29) is 40.9 Å². The van der Waals surface area contributed by atoms with Crippen LogP contribution >= 0.6 is 0 Å². The molecule has 65 heavy (non-hydrogen) atoms. The minimum absolute atomic E-state index is 0.0241. The highest BCUT2D eigenvalue weighted by molar-refractivity contribution is 6.01. The number of anilines is 2. The fourth-order valence-electron chi connectivity index (χ4n) is 9.55. The minimum atomic E-state index is -0.382. The van der Waals surface area contributed by atoms with Gasteiger partial charge in [0.05, 0.1) is 12.0 Å². The van der Waals surface area contributed by atoms with Crippen molar-refractivity contribution in [2.45, 2.75) is 91.0 Å². The molecule has 2 unspecified atom stereocenters. The van der Waals surface area contributed by atoms with Crippen molar-refractivity contribution >= 4 is 40.3 Å². The van der Waals surface area contributed by atoms with Crippen molar-refractivity contribution in [2.75, 3.05) is 55.6 Å². The van der Waals surface area contributed by atoms with Crippen LogP contribution in [0.1, 0.15) is 111 Å². The topological polar surface area (TPSA) is 178 Å². The van der Waals surface area contributed by atoms with Crippen LogP contribution in [0.5, 0.6) is 0 Å². The first-order chi connectivity index (χ1) is 31.3. The van der Waals surface area contributed by atoms with E-state index in [1.807, 2.05) is 72.0 Å². The van der Waals surface area contributed by atoms with Crippen LogP contribution in [0, 0.1) is 19.8 Å². The summed E-state index contributed by atoms with van der Waals surface area (Å²) in [6.07, 6.45) is 6.34. The number of carbonyl (C=O) groups excluding carboxylic acids is 3. The van der Waals surface area contributed by atoms with Crippen molar-refractivity contribution in [3.8, 4) is 22.4 Å². The third kappa shape index (κ3) is 9.51. The summed E-state index contributed by atoms with van der Waals surface area (Å²) in [5.74, 6) is 1.04. The fraction of sp³-hybridized carbons (Fsp3) is 0.440. The van der Waals surface area contributed by atoms with Gasteiger partial charge in [0.25, 0.3) is 11.7 Å². The van der Waals surface area contributed by atoms with E-state index in [1.165, 1.54) is 12.1 Å². The number of hydrogen-bond acceptors (Lipinski definition) is 12. The summed E-state index contributed by atoms with van der Waals surface area (Å²) in [7, 11) is 0. The molecule has 3 N–H and O–H groups in total. The number of aromatic amines is 1. The molecule has 2 aromatic carbocycles. The summed E-state index contributed by atoms with van der Waals surface area (Å²) < 4.78 is 5.32. The number of aryl methyl sites for hydroxylation is 2. The Morgan fingerprint density at radius 2 is 1.63 bits per heavy atom. The van der Waals surface area contributed by atoms with Crippen molar-refractivity contribution in [1.29, 1.82) is 0 Å². The van der Waals surface area contributed by atoms with Gasteiger partial charge in [0.15, 0.2) is 5.65 Å². The second-order valence-corrected chi connectivity index (χ2v) is 19.1. The highest BCUT2D eigenvalue weighted by Crippen LogP contribution is 2.34. The largest absolute Gasteiger partial charge is 0.369 e. The number of rotatable bonds is 11. The van der Waals surface area contributed by atoms with Gasteiger partial charge in [-0.05, 0) is 112 Å². The molecule has 6 aromatic rings. The first kappa shape index (κ1) is 43.8. The number of amides is 3. The van der Waals surface area contributed by atoms with E-state index in [4.69, 9.17) is 14.5 Å². The lowest BCUT2D eigenvalue weighted by Crippen LogP contribution is -2.47. The lowest BCUT2D eigenvalue weighted by Gasteiger charge is -2.38. The third-order valence-corrected chi connectivity index (χ3v) is 13.5. The van der Waals surface area contributed by atoms with E-state index in [0.29, 0.717) is 24.7 Å². The fourth-order valence-corrected chi connectivity index (χ4v) is 9.55. The Balaban J connectivity index is 0.752. The highest BCUT2D eigenvalue weighted by atomic mass is 16.5. The molecule has 3 saturated heterocycles. The van der Waals surface area contributed by atoms with Crippen LogP contribution in [0.4, 0.5) is 11.5 Å². The molecule has 0 radical (unpaired) electrons. The molecule has 7 heterocycles. The van der Waals surface area contributed by atoms with Crippen LogP contribution in [0.3, 0.4) is 0 Å². The SMILES string of the molecule is Cc1cc(-c2n[nH]c3ncc(-c4ccc(N5CCN(CCC6CCN(c7ccc(C8CCC(=O)NC8=O)c(C)n7)CC6)CC5)cc4)cc23)ccc1C(C)NC(=O)c1noc(C(C)(C)C)n1. The molecule has 2 atom stereocenters. The Hall–Kier alpha value is -6.48. The maximum atomic E-state index is 13.0. The Labute approximate surface area is 379 Å². The van der Waals surface area contributed by atoms with Crippen LogP contribution in [0.2, 0.25) is 0 Å². The molecule has 9 rings (SSSR count). The van der Waals surface area contributed by atoms with E-state index in [0.717, 1.165) is 120 Å². The van der Waals surface area contributed by atoms with E-state index >= 15 is 0 Å². The molecule has 3 fully saturated rings. The summed E-state index contributed by atoms with van der Waals surface area (Å²) in [4.78, 5) is 58.4. The number of nitrogens with zero attached hydrogens (tertiary/aromatic N) is 8. The smallest absolute Gasteiger partial charge is 0.293 e. The van der Waals surface area contributed by atoms with Gasteiger partial charge in [0.2, 0.25) is 17.7 Å². The molecule has 3 aliphatic heterocycles. The molecule has 0 saturated carbocycles. The number of benzene rings is 2. The first-order valence-corrected chi connectivity index (χ1v) is 23.0. The number of fused-ring (bicyclic) bond motifs is 1. The molecule has 3 aliphatic rings. The molecule has 0 spiro atoms. The van der Waals surface area contributed by atoms with Gasteiger partial charge < -0.3 is 19.6 Å². The summed E-state index contributed by atoms with van der Waals surface area (Å²) in [6, 6.07) is 20.9. The molecular formula is C50H59N11O4. The van der Waals surface area contributed by atoms with Gasteiger partial charge in [-0.25, -0.2) is 9.97 Å². The first-order valence-electron chi connectivity index (χ1n) is 23.0. The number of aromatic nitrogens is 6. The van der Waals surface area contributed by atoms with Crippen LogP contribution in [0.15, 0.2) is 71.4 Å². The minimum Gasteiger partial charge on any atom is -0.369 e. The van der Waals surface area contributed by atoms with Gasteiger partial charge in [-0.1, -0.05) is 56.3 Å². The van der Waals surface area contributed by atoms with E-state index < -0.39 is 0 Å². The van der Waals surface area contributed by atoms with Crippen molar-refractivity contribution in [1.82, 2.24) is 45.8 Å². The zero-order chi connectivity index (χ0) is 45.4. The monoisotopic (exact) mass is 877 g/mol. The average Bonchev–Trinajstić information content (AvgIpc) is 3.98. The quantitative estimate of drug-likeness (QED) is 0.110. The van der Waals surface area contributed by atoms with E-state index in [9.17, 15) is 14.4 Å². The van der Waals surface area contributed by atoms with Crippen molar-refractivity contribution in [3.63, 3.8) is 0 Å². The Morgan fingerprint density at radius 1 is 0.877 bits per heavy atom. The normalized spacial score (nSPS) is 18.3. The molecular weight excluding hydrogens is 819 g/mol. The summed E-state index contributed by atoms with van der Waals surface area (Å²) in [5.41, 5.74) is 9.33. The maximum Gasteiger partial charge on any atom is 0.293 e. The zero-order valence-electron chi connectivity index (χ0n) is 38.3. The second kappa shape index (κ2) is 18.2. The van der Waals surface area contributed by atoms with Crippen molar-refractivity contribution in [3.05, 3.63) is 101 Å². The molecule has 4 aromatic heterocycles. The van der Waals surface area contributed by atoms with Gasteiger partial charge in [-0.3, -0.25) is 29.7 Å². The molecule has 338 valence electrons. The van der Waals surface area contributed by atoms with Crippen molar-refractivity contribution in [2.24, 2.45) is 5.92 Å². The van der Waals surface area contributed by atoms with Gasteiger partial charge in [-0.15, -0.1) is 0 Å². The maximum absolute atomic E-state index is 13.0. The second-order valence-electron chi connectivity index (χ2n) is 19.1. The number of pyridine rings is 2. The third-order valence-electron chi connectivity index (χ3n) is 13.5. The average molecular weight is 878 g/mol. The lowest BCUT2D eigenvalue weighted by atomic mass is 9.89. The predicted molar refractivity (Wildman–Crippen MR) is 251 cm³/mol. The Morgan fingerprint density at radius 3 is 2.32 bits per heavy atom. The van der Waals surface area contributed by atoms with Crippen molar-refractivity contribution < 1.29 is 18.9 Å². The number of piperidine rings is 2. The van der Waals surface area contributed by atoms with E-state index in [1.54, 1.807) is 0 Å². The Kier molecular flexibility index (Phi) is 12.2. The molecule has 15 heteroatoms. The lowest BCUT2D eigenvalue weighted by molar-refractivity contribution is -0.134. The highest BCUT2D eigenvalue weighted by Gasteiger charge is 2.31. The number of carbonyl (C=O) groups is 3. The van der Waals surface area contributed by atoms with Gasteiger partial charge in [0, 0.05) is 85.2 Å². The molecule has 3 amide bonds. The number of imide groups is 1. The van der Waals surface area contributed by atoms with E-state index in [2.05, 4.69) is 82.1 Å². The number of hydrogen-bond donors (Lipinski definition) is 3. The molecule has 0 aliphatic carbocycles. The van der Waals surface area contributed by atoms with Gasteiger partial charge in [0.1, 0.15) is 11.5 Å². The van der Waals surface area contributed by atoms with Crippen LogP contribution in [-0.4, -0.2) is 98.7 Å². The van der Waals surface area contributed by atoms with Gasteiger partial charge >= 0.3 is 0 Å². The Bertz CT molecular complexity index is 2700. The predicted octanol–water partition coefficient (Wildman–Crippen LogP) is 7.42. The number of piperazine rings is 1.